The molecule has 1 atom stereocenters. The van der Waals surface area contributed by atoms with Crippen LogP contribution in [0.4, 0.5) is 8.78 Å². The van der Waals surface area contributed by atoms with Gasteiger partial charge in [0.1, 0.15) is 11.6 Å². The lowest BCUT2D eigenvalue weighted by atomic mass is 10.0. The van der Waals surface area contributed by atoms with Crippen LogP contribution in [0.2, 0.25) is 0 Å². The van der Waals surface area contributed by atoms with Gasteiger partial charge in [-0.05, 0) is 37.1 Å². The van der Waals surface area contributed by atoms with E-state index in [1.807, 2.05) is 0 Å². The van der Waals surface area contributed by atoms with E-state index in [0.29, 0.717) is 5.69 Å². The van der Waals surface area contributed by atoms with Gasteiger partial charge < -0.3 is 5.32 Å². The van der Waals surface area contributed by atoms with Crippen molar-refractivity contribution in [2.45, 2.75) is 12.5 Å². The van der Waals surface area contributed by atoms with E-state index in [1.54, 1.807) is 12.4 Å². The van der Waals surface area contributed by atoms with Gasteiger partial charge in [-0.1, -0.05) is 10.6 Å². The summed E-state index contributed by atoms with van der Waals surface area (Å²) in [5, 5.41) is 8.65. The number of rotatable bonds is 4. The lowest BCUT2D eigenvalue weighted by Gasteiger charge is -2.14. The smallest absolute Gasteiger partial charge is 0.129 e. The Morgan fingerprint density at radius 3 is 2.59 bits per heavy atom. The van der Waals surface area contributed by atoms with E-state index in [9.17, 15) is 8.78 Å². The van der Waals surface area contributed by atoms with E-state index in [1.165, 1.54) is 29.7 Å². The SMILES string of the molecule is CNC(Cc1c(F)cccc1F)c1csnn1. The topological polar surface area (TPSA) is 37.8 Å². The van der Waals surface area contributed by atoms with Gasteiger partial charge in [0.2, 0.25) is 0 Å². The maximum absolute atomic E-state index is 13.5. The van der Waals surface area contributed by atoms with Crippen molar-refractivity contribution >= 4 is 11.5 Å². The summed E-state index contributed by atoms with van der Waals surface area (Å²) in [6.07, 6.45) is 0.209. The van der Waals surface area contributed by atoms with E-state index in [2.05, 4.69) is 14.9 Å². The van der Waals surface area contributed by atoms with E-state index < -0.39 is 11.6 Å². The summed E-state index contributed by atoms with van der Waals surface area (Å²) < 4.78 is 30.7. The van der Waals surface area contributed by atoms with Crippen LogP contribution in [0.3, 0.4) is 0 Å². The third-order valence-corrected chi connectivity index (χ3v) is 3.08. The van der Waals surface area contributed by atoms with Crippen LogP contribution in [-0.2, 0) is 6.42 Å². The van der Waals surface area contributed by atoms with Crippen LogP contribution < -0.4 is 5.32 Å². The van der Waals surface area contributed by atoms with Gasteiger partial charge in [0, 0.05) is 10.9 Å². The third-order valence-electron chi connectivity index (χ3n) is 2.55. The lowest BCUT2D eigenvalue weighted by molar-refractivity contribution is 0.509. The molecule has 2 rings (SSSR count). The van der Waals surface area contributed by atoms with Crippen LogP contribution in [0.5, 0.6) is 0 Å². The summed E-state index contributed by atoms with van der Waals surface area (Å²) in [6.45, 7) is 0. The zero-order chi connectivity index (χ0) is 12.3. The van der Waals surface area contributed by atoms with Crippen molar-refractivity contribution in [3.8, 4) is 0 Å². The van der Waals surface area contributed by atoms with Gasteiger partial charge >= 0.3 is 0 Å². The molecule has 1 aromatic heterocycles. The van der Waals surface area contributed by atoms with Crippen molar-refractivity contribution in [2.75, 3.05) is 7.05 Å². The summed E-state index contributed by atoms with van der Waals surface area (Å²) in [6, 6.07) is 3.63. The molecule has 0 aliphatic heterocycles. The fraction of sp³-hybridized carbons (Fsp3) is 0.273. The molecule has 0 fully saturated rings. The van der Waals surface area contributed by atoms with Gasteiger partial charge in [-0.3, -0.25) is 0 Å². The van der Waals surface area contributed by atoms with Crippen molar-refractivity contribution in [3.05, 3.63) is 46.5 Å². The van der Waals surface area contributed by atoms with Crippen molar-refractivity contribution < 1.29 is 8.78 Å². The maximum Gasteiger partial charge on any atom is 0.129 e. The van der Waals surface area contributed by atoms with Crippen LogP contribution in [0.1, 0.15) is 17.3 Å². The molecule has 0 aliphatic rings. The van der Waals surface area contributed by atoms with Gasteiger partial charge in [0.25, 0.3) is 0 Å². The van der Waals surface area contributed by atoms with Crippen LogP contribution >= 0.6 is 11.5 Å². The quantitative estimate of drug-likeness (QED) is 0.911. The number of benzene rings is 1. The molecule has 17 heavy (non-hydrogen) atoms. The average molecular weight is 255 g/mol. The highest BCUT2D eigenvalue weighted by Gasteiger charge is 2.17. The molecule has 1 unspecified atom stereocenters. The van der Waals surface area contributed by atoms with Crippen LogP contribution in [0.15, 0.2) is 23.6 Å². The number of halogens is 2. The van der Waals surface area contributed by atoms with Crippen LogP contribution in [0, 0.1) is 11.6 Å². The number of nitrogens with zero attached hydrogens (tertiary/aromatic N) is 2. The normalized spacial score (nSPS) is 12.6. The number of hydrogen-bond donors (Lipinski definition) is 1. The van der Waals surface area contributed by atoms with E-state index in [0.717, 1.165) is 0 Å². The molecule has 1 aromatic carbocycles. The molecule has 0 saturated carbocycles. The van der Waals surface area contributed by atoms with Gasteiger partial charge in [-0.25, -0.2) is 8.78 Å². The first-order valence-electron chi connectivity index (χ1n) is 5.09. The molecule has 0 amide bonds. The minimum absolute atomic E-state index is 0.0693. The zero-order valence-electron chi connectivity index (χ0n) is 9.15. The summed E-state index contributed by atoms with van der Waals surface area (Å²) in [7, 11) is 1.72. The van der Waals surface area contributed by atoms with Crippen molar-refractivity contribution in [1.82, 2.24) is 14.9 Å². The molecule has 0 spiro atoms. The Morgan fingerprint density at radius 1 is 1.35 bits per heavy atom. The molecule has 0 bridgehead atoms. The van der Waals surface area contributed by atoms with Crippen LogP contribution in [-0.4, -0.2) is 16.6 Å². The molecule has 0 radical (unpaired) electrons. The molecular weight excluding hydrogens is 244 g/mol. The predicted molar refractivity (Wildman–Crippen MR) is 61.8 cm³/mol. The molecule has 90 valence electrons. The fourth-order valence-electron chi connectivity index (χ4n) is 1.61. The second-order valence-corrected chi connectivity index (χ2v) is 4.19. The molecule has 1 N–H and O–H groups in total. The Balaban J connectivity index is 2.25. The van der Waals surface area contributed by atoms with Crippen LogP contribution in [0.25, 0.3) is 0 Å². The van der Waals surface area contributed by atoms with Gasteiger partial charge in [-0.2, -0.15) is 0 Å². The Kier molecular flexibility index (Phi) is 3.75. The zero-order valence-corrected chi connectivity index (χ0v) is 9.97. The number of likely N-dealkylation sites (N-methyl/N-ethyl adjacent to an activating group) is 1. The third kappa shape index (κ3) is 2.65. The highest BCUT2D eigenvalue weighted by atomic mass is 32.1. The second kappa shape index (κ2) is 5.29. The Bertz CT molecular complexity index is 467. The second-order valence-electron chi connectivity index (χ2n) is 3.58. The first kappa shape index (κ1) is 12.1. The summed E-state index contributed by atoms with van der Waals surface area (Å²) in [5.74, 6) is -1.07. The molecule has 6 heteroatoms. The Labute approximate surface area is 102 Å². The summed E-state index contributed by atoms with van der Waals surface area (Å²) >= 11 is 1.21. The molecule has 3 nitrogen and oxygen atoms in total. The predicted octanol–water partition coefficient (Wildman–Crippen LogP) is 2.32. The standard InChI is InChI=1S/C11H11F2N3S/c1-14-10(11-6-17-16-15-11)5-7-8(12)3-2-4-9(7)13/h2-4,6,10,14H,5H2,1H3. The van der Waals surface area contributed by atoms with Crippen molar-refractivity contribution in [2.24, 2.45) is 0 Å². The van der Waals surface area contributed by atoms with Crippen molar-refractivity contribution in [1.29, 1.82) is 0 Å². The minimum atomic E-state index is -0.534. The van der Waals surface area contributed by atoms with Gasteiger partial charge in [-0.15, -0.1) is 5.10 Å². The Morgan fingerprint density at radius 2 is 2.06 bits per heavy atom. The van der Waals surface area contributed by atoms with E-state index in [-0.39, 0.29) is 18.0 Å². The van der Waals surface area contributed by atoms with Gasteiger partial charge in [0.05, 0.1) is 11.7 Å². The summed E-state index contributed by atoms with van der Waals surface area (Å²) in [4.78, 5) is 0. The van der Waals surface area contributed by atoms with Crippen molar-refractivity contribution in [3.63, 3.8) is 0 Å². The average Bonchev–Trinajstić information content (AvgIpc) is 2.82. The molecule has 0 saturated heterocycles. The highest BCUT2D eigenvalue weighted by molar-refractivity contribution is 7.03. The minimum Gasteiger partial charge on any atom is -0.311 e. The highest BCUT2D eigenvalue weighted by Crippen LogP contribution is 2.21. The first-order chi connectivity index (χ1) is 8.22. The molecule has 0 aliphatic carbocycles. The molecular formula is C11H11F2N3S. The summed E-state index contributed by atoms with van der Waals surface area (Å²) in [5.41, 5.74) is 0.764. The Hall–Kier alpha value is -1.40. The number of hydrogen-bond acceptors (Lipinski definition) is 4. The lowest BCUT2D eigenvalue weighted by Crippen LogP contribution is -2.20. The largest absolute Gasteiger partial charge is 0.311 e. The van der Waals surface area contributed by atoms with E-state index >= 15 is 0 Å². The number of nitrogens with one attached hydrogen (secondary N) is 1. The first-order valence-corrected chi connectivity index (χ1v) is 5.93. The fourth-order valence-corrected chi connectivity index (χ4v) is 2.12. The van der Waals surface area contributed by atoms with Gasteiger partial charge in [0.15, 0.2) is 0 Å². The van der Waals surface area contributed by atoms with E-state index in [4.69, 9.17) is 0 Å². The maximum atomic E-state index is 13.5. The monoisotopic (exact) mass is 255 g/mol. The molecule has 2 aromatic rings. The molecule has 1 heterocycles. The number of aromatic nitrogens is 2.